The molecule has 0 aliphatic rings. The van der Waals surface area contributed by atoms with Gasteiger partial charge in [-0.15, -0.1) is 0 Å². The number of carbonyl (C=O) groups is 1. The molecular weight excluding hydrogens is 350 g/mol. The van der Waals surface area contributed by atoms with Crippen LogP contribution in [-0.4, -0.2) is 10.9 Å². The molecular formula is C23H19N3O2. The second kappa shape index (κ2) is 9.70. The third-order valence-corrected chi connectivity index (χ3v) is 3.98. The number of nitrogens with zero attached hydrogens (tertiary/aromatic N) is 2. The van der Waals surface area contributed by atoms with E-state index in [4.69, 9.17) is 4.74 Å². The summed E-state index contributed by atoms with van der Waals surface area (Å²) in [6, 6.07) is 22.8. The molecule has 0 unspecified atom stereocenters. The van der Waals surface area contributed by atoms with Gasteiger partial charge in [-0.25, -0.2) is 0 Å². The molecule has 1 amide bonds. The summed E-state index contributed by atoms with van der Waals surface area (Å²) in [5.74, 6) is 0.302. The van der Waals surface area contributed by atoms with Crippen molar-refractivity contribution in [1.29, 1.82) is 5.26 Å². The van der Waals surface area contributed by atoms with Gasteiger partial charge in [0.1, 0.15) is 24.0 Å². The van der Waals surface area contributed by atoms with Gasteiger partial charge in [-0.2, -0.15) is 5.26 Å². The Bertz CT molecular complexity index is 976. The maximum atomic E-state index is 12.2. The number of ether oxygens (including phenoxy) is 1. The van der Waals surface area contributed by atoms with Gasteiger partial charge in [0.2, 0.25) is 0 Å². The molecule has 0 radical (unpaired) electrons. The minimum Gasteiger partial charge on any atom is -0.489 e. The predicted octanol–water partition coefficient (Wildman–Crippen LogP) is 3.88. The van der Waals surface area contributed by atoms with Gasteiger partial charge >= 0.3 is 0 Å². The van der Waals surface area contributed by atoms with Gasteiger partial charge in [-0.3, -0.25) is 9.78 Å². The number of benzene rings is 2. The number of amides is 1. The van der Waals surface area contributed by atoms with E-state index in [0.717, 1.165) is 22.4 Å². The first-order chi connectivity index (χ1) is 13.7. The average molecular weight is 369 g/mol. The van der Waals surface area contributed by atoms with Crippen molar-refractivity contribution in [3.63, 3.8) is 0 Å². The van der Waals surface area contributed by atoms with E-state index in [1.54, 1.807) is 24.5 Å². The summed E-state index contributed by atoms with van der Waals surface area (Å²) in [6.07, 6.45) is 4.89. The summed E-state index contributed by atoms with van der Waals surface area (Å²) in [6.45, 7) is 0.800. The molecule has 0 saturated heterocycles. The number of nitriles is 1. The van der Waals surface area contributed by atoms with E-state index in [0.29, 0.717) is 13.2 Å². The zero-order valence-electron chi connectivity index (χ0n) is 15.2. The van der Waals surface area contributed by atoms with Crippen molar-refractivity contribution in [3.05, 3.63) is 101 Å². The highest BCUT2D eigenvalue weighted by molar-refractivity contribution is 6.01. The maximum Gasteiger partial charge on any atom is 0.262 e. The second-order valence-electron chi connectivity index (χ2n) is 6.06. The van der Waals surface area contributed by atoms with Crippen molar-refractivity contribution in [2.24, 2.45) is 0 Å². The molecule has 0 spiro atoms. The Balaban J connectivity index is 1.59. The third kappa shape index (κ3) is 5.55. The van der Waals surface area contributed by atoms with Crippen molar-refractivity contribution < 1.29 is 9.53 Å². The highest BCUT2D eigenvalue weighted by Gasteiger charge is 2.09. The lowest BCUT2D eigenvalue weighted by Gasteiger charge is -2.07. The van der Waals surface area contributed by atoms with Gasteiger partial charge in [-0.05, 0) is 41.0 Å². The van der Waals surface area contributed by atoms with Crippen LogP contribution in [0.3, 0.4) is 0 Å². The van der Waals surface area contributed by atoms with Gasteiger partial charge < -0.3 is 10.1 Å². The number of hydrogen-bond acceptors (Lipinski definition) is 4. The third-order valence-electron chi connectivity index (χ3n) is 3.98. The minimum absolute atomic E-state index is 0.0434. The van der Waals surface area contributed by atoms with Crippen LogP contribution in [0.4, 0.5) is 0 Å². The summed E-state index contributed by atoms with van der Waals surface area (Å²) < 4.78 is 5.74. The summed E-state index contributed by atoms with van der Waals surface area (Å²) in [7, 11) is 0. The molecule has 1 aromatic heterocycles. The summed E-state index contributed by atoms with van der Waals surface area (Å²) in [4.78, 5) is 16.2. The Hall–Kier alpha value is -3.91. The molecule has 1 heterocycles. The Kier molecular flexibility index (Phi) is 6.53. The van der Waals surface area contributed by atoms with E-state index in [2.05, 4.69) is 10.3 Å². The average Bonchev–Trinajstić information content (AvgIpc) is 2.76. The topological polar surface area (TPSA) is 75.0 Å². The van der Waals surface area contributed by atoms with E-state index in [1.807, 2.05) is 66.7 Å². The second-order valence-corrected chi connectivity index (χ2v) is 6.06. The molecule has 28 heavy (non-hydrogen) atoms. The van der Waals surface area contributed by atoms with Gasteiger partial charge in [0.05, 0.1) is 0 Å². The summed E-state index contributed by atoms with van der Waals surface area (Å²) >= 11 is 0. The molecule has 5 nitrogen and oxygen atoms in total. The maximum absolute atomic E-state index is 12.2. The first-order valence-corrected chi connectivity index (χ1v) is 8.80. The molecule has 0 fully saturated rings. The Morgan fingerprint density at radius 3 is 2.46 bits per heavy atom. The Morgan fingerprint density at radius 2 is 1.79 bits per heavy atom. The predicted molar refractivity (Wildman–Crippen MR) is 107 cm³/mol. The van der Waals surface area contributed by atoms with Crippen molar-refractivity contribution in [2.75, 3.05) is 0 Å². The number of nitrogens with one attached hydrogen (secondary N) is 1. The Morgan fingerprint density at radius 1 is 1.04 bits per heavy atom. The fourth-order valence-electron chi connectivity index (χ4n) is 2.50. The molecule has 5 heteroatoms. The van der Waals surface area contributed by atoms with E-state index in [9.17, 15) is 10.1 Å². The number of aromatic nitrogens is 1. The van der Waals surface area contributed by atoms with Gasteiger partial charge in [0.25, 0.3) is 5.91 Å². The quantitative estimate of drug-likeness (QED) is 0.506. The normalized spacial score (nSPS) is 10.8. The van der Waals surface area contributed by atoms with E-state index in [1.165, 1.54) is 0 Å². The Labute approximate surface area is 163 Å². The molecule has 2 aromatic carbocycles. The zero-order valence-corrected chi connectivity index (χ0v) is 15.2. The number of carbonyl (C=O) groups excluding carboxylic acids is 1. The standard InChI is InChI=1S/C23H19N3O2/c24-14-21(23(27)26-16-20-7-4-12-25-15-20)13-18-8-10-22(11-9-18)28-17-19-5-2-1-3-6-19/h1-13,15H,16-17H2,(H,26,27)/b21-13-. The van der Waals surface area contributed by atoms with Crippen LogP contribution in [0.15, 0.2) is 84.7 Å². The molecule has 3 aromatic rings. The van der Waals surface area contributed by atoms with E-state index in [-0.39, 0.29) is 5.57 Å². The monoisotopic (exact) mass is 369 g/mol. The van der Waals surface area contributed by atoms with Crippen LogP contribution >= 0.6 is 0 Å². The smallest absolute Gasteiger partial charge is 0.262 e. The minimum atomic E-state index is -0.421. The lowest BCUT2D eigenvalue weighted by Crippen LogP contribution is -2.23. The van der Waals surface area contributed by atoms with Crippen LogP contribution in [0.1, 0.15) is 16.7 Å². The molecule has 0 atom stereocenters. The molecule has 0 aliphatic heterocycles. The van der Waals surface area contributed by atoms with Gasteiger partial charge in [0.15, 0.2) is 0 Å². The fourth-order valence-corrected chi connectivity index (χ4v) is 2.50. The fraction of sp³-hybridized carbons (Fsp3) is 0.0870. The van der Waals surface area contributed by atoms with Crippen LogP contribution < -0.4 is 10.1 Å². The van der Waals surface area contributed by atoms with Crippen molar-refractivity contribution >= 4 is 12.0 Å². The van der Waals surface area contributed by atoms with Crippen LogP contribution in [0.2, 0.25) is 0 Å². The van der Waals surface area contributed by atoms with Crippen molar-refractivity contribution in [2.45, 2.75) is 13.2 Å². The van der Waals surface area contributed by atoms with Crippen LogP contribution in [0.5, 0.6) is 5.75 Å². The molecule has 0 aliphatic carbocycles. The molecule has 3 rings (SSSR count). The zero-order chi connectivity index (χ0) is 19.6. The van der Waals surface area contributed by atoms with Crippen LogP contribution in [0, 0.1) is 11.3 Å². The molecule has 138 valence electrons. The number of hydrogen-bond donors (Lipinski definition) is 1. The van der Waals surface area contributed by atoms with Gasteiger partial charge in [0, 0.05) is 18.9 Å². The molecule has 1 N–H and O–H groups in total. The SMILES string of the molecule is N#C/C(=C/c1ccc(OCc2ccccc2)cc1)C(=O)NCc1cccnc1. The van der Waals surface area contributed by atoms with Crippen molar-refractivity contribution in [1.82, 2.24) is 10.3 Å². The first kappa shape index (κ1) is 18.9. The molecule has 0 bridgehead atoms. The summed E-state index contributed by atoms with van der Waals surface area (Å²) in [5, 5.41) is 12.0. The largest absolute Gasteiger partial charge is 0.489 e. The highest BCUT2D eigenvalue weighted by atomic mass is 16.5. The number of pyridine rings is 1. The van der Waals surface area contributed by atoms with E-state index < -0.39 is 5.91 Å². The highest BCUT2D eigenvalue weighted by Crippen LogP contribution is 2.16. The van der Waals surface area contributed by atoms with Gasteiger partial charge in [-0.1, -0.05) is 48.5 Å². The van der Waals surface area contributed by atoms with E-state index >= 15 is 0 Å². The lowest BCUT2D eigenvalue weighted by atomic mass is 10.1. The van der Waals surface area contributed by atoms with Crippen molar-refractivity contribution in [3.8, 4) is 11.8 Å². The molecule has 0 saturated carbocycles. The van der Waals surface area contributed by atoms with Crippen LogP contribution in [-0.2, 0) is 17.9 Å². The van der Waals surface area contributed by atoms with Crippen LogP contribution in [0.25, 0.3) is 6.08 Å². The first-order valence-electron chi connectivity index (χ1n) is 8.80. The lowest BCUT2D eigenvalue weighted by molar-refractivity contribution is -0.117. The number of rotatable bonds is 7. The summed E-state index contributed by atoms with van der Waals surface area (Å²) in [5.41, 5.74) is 2.75.